The number of hydrogen-bond acceptors (Lipinski definition) is 4. The van der Waals surface area contributed by atoms with Gasteiger partial charge in [-0.1, -0.05) is 0 Å². The first-order valence-corrected chi connectivity index (χ1v) is 5.09. The van der Waals surface area contributed by atoms with E-state index < -0.39 is 34.3 Å². The maximum atomic E-state index is 12.8. The third-order valence-electron chi connectivity index (χ3n) is 2.28. The third kappa shape index (κ3) is 3.35. The third-order valence-corrected chi connectivity index (χ3v) is 2.28. The fourth-order valence-electron chi connectivity index (χ4n) is 1.24. The lowest BCUT2D eigenvalue weighted by atomic mass is 10.2. The summed E-state index contributed by atoms with van der Waals surface area (Å²) < 4.78 is 66.3. The lowest BCUT2D eigenvalue weighted by Gasteiger charge is -2.19. The number of nitrogens with zero attached hydrogens (tertiary/aromatic N) is 1. The number of anilines is 1. The van der Waals surface area contributed by atoms with Gasteiger partial charge in [0.25, 0.3) is 5.69 Å². The van der Waals surface area contributed by atoms with Crippen LogP contribution in [0.3, 0.4) is 0 Å². The molecule has 0 fully saturated rings. The number of ether oxygens (including phenoxy) is 1. The quantitative estimate of drug-likeness (QED) is 0.526. The topological polar surface area (TPSA) is 81.5 Å². The number of methoxy groups -OCH3 is 1. The highest BCUT2D eigenvalue weighted by Crippen LogP contribution is 2.37. The Morgan fingerprint density at radius 2 is 1.86 bits per heavy atom. The van der Waals surface area contributed by atoms with Gasteiger partial charge in [0.1, 0.15) is 5.75 Å². The molecule has 0 radical (unpaired) electrons. The van der Waals surface area contributed by atoms with Crippen molar-refractivity contribution in [1.82, 2.24) is 0 Å². The molecule has 1 aromatic rings. The molecule has 6 nitrogen and oxygen atoms in total. The number of nitro benzene ring substituents is 1. The molecule has 11 heteroatoms. The van der Waals surface area contributed by atoms with E-state index in [1.54, 1.807) is 0 Å². The minimum absolute atomic E-state index is 0.313. The van der Waals surface area contributed by atoms with Crippen LogP contribution in [-0.2, 0) is 4.79 Å². The maximum Gasteiger partial charge on any atom is 0.463 e. The summed E-state index contributed by atoms with van der Waals surface area (Å²) in [5.74, 6) is -8.64. The second-order valence-corrected chi connectivity index (χ2v) is 3.67. The maximum absolute atomic E-state index is 12.8. The highest BCUT2D eigenvalue weighted by molar-refractivity contribution is 5.98. The Morgan fingerprint density at radius 1 is 1.29 bits per heavy atom. The molecule has 0 atom stereocenters. The van der Waals surface area contributed by atoms with Crippen LogP contribution < -0.4 is 10.1 Å². The predicted molar refractivity (Wildman–Crippen MR) is 59.3 cm³/mol. The van der Waals surface area contributed by atoms with Crippen LogP contribution in [-0.4, -0.2) is 30.0 Å². The van der Waals surface area contributed by atoms with Gasteiger partial charge < -0.3 is 10.1 Å². The summed E-state index contributed by atoms with van der Waals surface area (Å²) in [5.41, 5.74) is -1.30. The van der Waals surface area contributed by atoms with Gasteiger partial charge in [0.05, 0.1) is 17.7 Å². The summed E-state index contributed by atoms with van der Waals surface area (Å²) in [7, 11) is 1.04. The van der Waals surface area contributed by atoms with Crippen LogP contribution in [0.2, 0.25) is 0 Å². The van der Waals surface area contributed by atoms with Gasteiger partial charge in [-0.3, -0.25) is 14.9 Å². The van der Waals surface area contributed by atoms with Crippen LogP contribution in [0, 0.1) is 10.1 Å². The van der Waals surface area contributed by atoms with Crippen LogP contribution in [0.15, 0.2) is 18.2 Å². The molecule has 116 valence electrons. The number of halogens is 5. The van der Waals surface area contributed by atoms with E-state index in [-0.39, 0.29) is 5.75 Å². The number of nitrogens with one attached hydrogen (secondary N) is 1. The van der Waals surface area contributed by atoms with E-state index in [1.165, 1.54) is 5.32 Å². The number of nitro groups is 1. The number of alkyl halides is 5. The minimum Gasteiger partial charge on any atom is -0.495 e. The number of non-ortho nitro benzene ring substituents is 1. The van der Waals surface area contributed by atoms with E-state index in [9.17, 15) is 36.9 Å². The average molecular weight is 314 g/mol. The van der Waals surface area contributed by atoms with Crippen molar-refractivity contribution in [2.24, 2.45) is 0 Å². The van der Waals surface area contributed by atoms with E-state index in [2.05, 4.69) is 4.74 Å². The predicted octanol–water partition coefficient (Wildman–Crippen LogP) is 2.74. The number of amides is 1. The van der Waals surface area contributed by atoms with Crippen LogP contribution >= 0.6 is 0 Å². The molecular weight excluding hydrogens is 307 g/mol. The molecule has 1 rings (SSSR count). The molecule has 0 unspecified atom stereocenters. The second kappa shape index (κ2) is 5.50. The zero-order chi connectivity index (χ0) is 16.4. The van der Waals surface area contributed by atoms with Gasteiger partial charge in [-0.25, -0.2) is 0 Å². The van der Waals surface area contributed by atoms with Crippen molar-refractivity contribution in [2.75, 3.05) is 12.4 Å². The normalized spacial score (nSPS) is 11.9. The van der Waals surface area contributed by atoms with Gasteiger partial charge in [0.15, 0.2) is 0 Å². The molecule has 0 aliphatic carbocycles. The van der Waals surface area contributed by atoms with E-state index in [4.69, 9.17) is 0 Å². The van der Waals surface area contributed by atoms with Crippen molar-refractivity contribution in [2.45, 2.75) is 12.1 Å². The van der Waals surface area contributed by atoms with Gasteiger partial charge in [-0.05, 0) is 6.07 Å². The smallest absolute Gasteiger partial charge is 0.463 e. The Balaban J connectivity index is 3.15. The molecule has 0 saturated heterocycles. The Kier molecular flexibility index (Phi) is 4.35. The molecule has 0 spiro atoms. The van der Waals surface area contributed by atoms with Crippen molar-refractivity contribution in [3.05, 3.63) is 28.3 Å². The Bertz CT molecular complexity index is 573. The van der Waals surface area contributed by atoms with Crippen LogP contribution in [0.4, 0.5) is 33.3 Å². The SMILES string of the molecule is COc1ccc([N+](=O)[O-])cc1NC(=O)C(F)(F)C(F)(F)F. The number of hydrogen-bond donors (Lipinski definition) is 1. The van der Waals surface area contributed by atoms with Gasteiger partial charge >= 0.3 is 18.0 Å². The molecule has 1 amide bonds. The van der Waals surface area contributed by atoms with Gasteiger partial charge in [-0.15, -0.1) is 0 Å². The first-order valence-electron chi connectivity index (χ1n) is 5.09. The fraction of sp³-hybridized carbons (Fsp3) is 0.300. The number of carbonyl (C=O) groups is 1. The Hall–Kier alpha value is -2.46. The lowest BCUT2D eigenvalue weighted by Crippen LogP contribution is -2.47. The molecule has 0 aromatic heterocycles. The minimum atomic E-state index is -6.09. The standard InChI is InChI=1S/C10H7F5N2O4/c1-21-7-3-2-5(17(19)20)4-6(7)16-8(18)9(11,12)10(13,14)15/h2-4H,1H3,(H,16,18). The van der Waals surface area contributed by atoms with Crippen LogP contribution in [0.1, 0.15) is 0 Å². The van der Waals surface area contributed by atoms with Crippen molar-refractivity contribution in [3.8, 4) is 5.75 Å². The first kappa shape index (κ1) is 16.6. The highest BCUT2D eigenvalue weighted by atomic mass is 19.4. The molecule has 0 aliphatic heterocycles. The van der Waals surface area contributed by atoms with Crippen molar-refractivity contribution >= 4 is 17.3 Å². The van der Waals surface area contributed by atoms with E-state index >= 15 is 0 Å². The zero-order valence-corrected chi connectivity index (χ0v) is 10.2. The van der Waals surface area contributed by atoms with Crippen molar-refractivity contribution in [3.63, 3.8) is 0 Å². The summed E-state index contributed by atoms with van der Waals surface area (Å²) >= 11 is 0. The van der Waals surface area contributed by atoms with Crippen LogP contribution in [0.25, 0.3) is 0 Å². The lowest BCUT2D eigenvalue weighted by molar-refractivity contribution is -0.384. The molecule has 1 aromatic carbocycles. The molecule has 1 N–H and O–H groups in total. The molecule has 21 heavy (non-hydrogen) atoms. The highest BCUT2D eigenvalue weighted by Gasteiger charge is 2.63. The fourth-order valence-corrected chi connectivity index (χ4v) is 1.24. The van der Waals surface area contributed by atoms with Gasteiger partial charge in [-0.2, -0.15) is 22.0 Å². The zero-order valence-electron chi connectivity index (χ0n) is 10.2. The van der Waals surface area contributed by atoms with Gasteiger partial charge in [0.2, 0.25) is 0 Å². The average Bonchev–Trinajstić information content (AvgIpc) is 2.37. The van der Waals surface area contributed by atoms with Crippen molar-refractivity contribution < 1.29 is 36.4 Å². The second-order valence-electron chi connectivity index (χ2n) is 3.67. The molecular formula is C10H7F5N2O4. The summed E-state index contributed by atoms with van der Waals surface area (Å²) in [6.45, 7) is 0. The number of benzene rings is 1. The monoisotopic (exact) mass is 314 g/mol. The van der Waals surface area contributed by atoms with E-state index in [0.29, 0.717) is 6.07 Å². The number of carbonyl (C=O) groups excluding carboxylic acids is 1. The molecule has 0 saturated carbocycles. The van der Waals surface area contributed by atoms with Gasteiger partial charge in [0, 0.05) is 12.1 Å². The Morgan fingerprint density at radius 3 is 2.29 bits per heavy atom. The van der Waals surface area contributed by atoms with E-state index in [0.717, 1.165) is 19.2 Å². The largest absolute Gasteiger partial charge is 0.495 e. The van der Waals surface area contributed by atoms with E-state index in [1.807, 2.05) is 0 Å². The summed E-state index contributed by atoms with van der Waals surface area (Å²) in [6.07, 6.45) is -6.09. The van der Waals surface area contributed by atoms with Crippen LogP contribution in [0.5, 0.6) is 5.75 Å². The number of rotatable bonds is 4. The Labute approximate surface area is 113 Å². The summed E-state index contributed by atoms with van der Waals surface area (Å²) in [4.78, 5) is 20.6. The molecule has 0 heterocycles. The molecule has 0 bridgehead atoms. The molecule has 0 aliphatic rings. The van der Waals surface area contributed by atoms with Crippen molar-refractivity contribution in [1.29, 1.82) is 0 Å². The first-order chi connectivity index (χ1) is 9.50. The summed E-state index contributed by atoms with van der Waals surface area (Å²) in [6, 6.07) is 2.47. The summed E-state index contributed by atoms with van der Waals surface area (Å²) in [5, 5.41) is 11.8.